The highest BCUT2D eigenvalue weighted by Gasteiger charge is 2.37. The van der Waals surface area contributed by atoms with Crippen LogP contribution in [-0.4, -0.2) is 66.0 Å². The van der Waals surface area contributed by atoms with Gasteiger partial charge in [0, 0.05) is 45.0 Å². The van der Waals surface area contributed by atoms with E-state index in [2.05, 4.69) is 73.9 Å². The molecule has 5 heteroatoms. The number of rotatable bonds is 8. The highest BCUT2D eigenvalue weighted by atomic mass is 16.3. The first kappa shape index (κ1) is 25.2. The van der Waals surface area contributed by atoms with Crippen molar-refractivity contribution in [2.45, 2.75) is 64.2 Å². The average molecular weight is 466 g/mol. The van der Waals surface area contributed by atoms with Crippen molar-refractivity contribution >= 4 is 5.82 Å². The predicted molar refractivity (Wildman–Crippen MR) is 141 cm³/mol. The molecule has 4 rings (SSSR count). The van der Waals surface area contributed by atoms with Gasteiger partial charge in [-0.25, -0.2) is 4.98 Å². The lowest BCUT2D eigenvalue weighted by Crippen LogP contribution is -2.47. The third-order valence-corrected chi connectivity index (χ3v) is 8.23. The molecule has 1 atom stereocenters. The van der Waals surface area contributed by atoms with E-state index in [1.165, 1.54) is 29.5 Å². The summed E-state index contributed by atoms with van der Waals surface area (Å²) in [6, 6.07) is 13.4. The van der Waals surface area contributed by atoms with Crippen LogP contribution in [0.3, 0.4) is 0 Å². The maximum atomic E-state index is 9.47. The number of piperazine rings is 1. The number of aliphatic hydroxyl groups excluding tert-OH is 2. The lowest BCUT2D eigenvalue weighted by atomic mass is 9.63. The van der Waals surface area contributed by atoms with Gasteiger partial charge in [-0.3, -0.25) is 4.90 Å². The first-order valence-corrected chi connectivity index (χ1v) is 13.0. The van der Waals surface area contributed by atoms with E-state index in [9.17, 15) is 5.11 Å². The summed E-state index contributed by atoms with van der Waals surface area (Å²) in [5.41, 5.74) is 5.65. The number of aromatic nitrogens is 1. The molecule has 34 heavy (non-hydrogen) atoms. The predicted octanol–water partition coefficient (Wildman–Crippen LogP) is 4.60. The lowest BCUT2D eigenvalue weighted by Gasteiger charge is -2.42. The number of nitrogens with zero attached hydrogens (tertiary/aromatic N) is 3. The molecule has 0 amide bonds. The molecule has 1 aliphatic heterocycles. The minimum Gasteiger partial charge on any atom is -0.396 e. The number of anilines is 1. The quantitative estimate of drug-likeness (QED) is 0.597. The van der Waals surface area contributed by atoms with Gasteiger partial charge in [-0.05, 0) is 78.3 Å². The van der Waals surface area contributed by atoms with Crippen molar-refractivity contribution in [1.82, 2.24) is 9.88 Å². The summed E-state index contributed by atoms with van der Waals surface area (Å²) < 4.78 is 0. The molecule has 1 aliphatic carbocycles. The molecule has 2 N–H and O–H groups in total. The molecule has 1 saturated heterocycles. The van der Waals surface area contributed by atoms with Gasteiger partial charge >= 0.3 is 0 Å². The number of hydrogen-bond acceptors (Lipinski definition) is 5. The molecular weight excluding hydrogens is 422 g/mol. The second-order valence-corrected chi connectivity index (χ2v) is 11.6. The Bertz CT molecular complexity index is 964. The zero-order valence-corrected chi connectivity index (χ0v) is 21.6. The van der Waals surface area contributed by atoms with Crippen molar-refractivity contribution in [2.75, 3.05) is 50.8 Å². The Morgan fingerprint density at radius 3 is 2.26 bits per heavy atom. The summed E-state index contributed by atoms with van der Waals surface area (Å²) >= 11 is 0. The average Bonchev–Trinajstić information content (AvgIpc) is 2.85. The molecule has 2 aliphatic rings. The summed E-state index contributed by atoms with van der Waals surface area (Å²) in [6.07, 6.45) is 4.07. The Labute approximate surface area is 205 Å². The molecule has 1 fully saturated rings. The molecule has 2 aromatic rings. The second-order valence-electron chi connectivity index (χ2n) is 11.6. The number of aliphatic hydroxyl groups is 2. The fourth-order valence-corrected chi connectivity index (χ4v) is 5.58. The lowest BCUT2D eigenvalue weighted by molar-refractivity contribution is 0.156. The van der Waals surface area contributed by atoms with Crippen molar-refractivity contribution in [3.8, 4) is 11.3 Å². The Hall–Kier alpha value is -1.95. The van der Waals surface area contributed by atoms with Crippen molar-refractivity contribution in [3.63, 3.8) is 0 Å². The Kier molecular flexibility index (Phi) is 7.66. The van der Waals surface area contributed by atoms with Gasteiger partial charge in [-0.2, -0.15) is 0 Å². The fraction of sp³-hybridized carbons (Fsp3) is 0.621. The SMILES string of the molecule is CC1(C)CCC(C)(C)c2cc(-c3cccc(N4CCN(CCC(CO)CCO)CC4)n3)ccc21. The summed E-state index contributed by atoms with van der Waals surface area (Å²) in [6.45, 7) is 14.7. The van der Waals surface area contributed by atoms with Crippen LogP contribution in [0.15, 0.2) is 36.4 Å². The van der Waals surface area contributed by atoms with Gasteiger partial charge in [0.05, 0.1) is 5.69 Å². The Morgan fingerprint density at radius 2 is 1.59 bits per heavy atom. The smallest absolute Gasteiger partial charge is 0.129 e. The van der Waals surface area contributed by atoms with E-state index in [1.54, 1.807) is 0 Å². The maximum Gasteiger partial charge on any atom is 0.129 e. The minimum atomic E-state index is 0.153. The van der Waals surface area contributed by atoms with Crippen molar-refractivity contribution in [1.29, 1.82) is 0 Å². The van der Waals surface area contributed by atoms with Gasteiger partial charge in [0.25, 0.3) is 0 Å². The van der Waals surface area contributed by atoms with Crippen molar-refractivity contribution < 1.29 is 10.2 Å². The highest BCUT2D eigenvalue weighted by Crippen LogP contribution is 2.46. The number of benzene rings is 1. The molecule has 1 aromatic heterocycles. The van der Waals surface area contributed by atoms with E-state index >= 15 is 0 Å². The van der Waals surface area contributed by atoms with Crippen LogP contribution >= 0.6 is 0 Å². The van der Waals surface area contributed by atoms with Crippen molar-refractivity contribution in [2.24, 2.45) is 5.92 Å². The van der Waals surface area contributed by atoms with Crippen LogP contribution in [0, 0.1) is 5.92 Å². The van der Waals surface area contributed by atoms with Crippen LogP contribution in [0.1, 0.15) is 64.5 Å². The van der Waals surface area contributed by atoms with E-state index in [0.29, 0.717) is 6.42 Å². The third kappa shape index (κ3) is 5.48. The van der Waals surface area contributed by atoms with Gasteiger partial charge < -0.3 is 15.1 Å². The molecule has 1 unspecified atom stereocenters. The van der Waals surface area contributed by atoms with Gasteiger partial charge in [-0.1, -0.05) is 45.9 Å². The van der Waals surface area contributed by atoms with E-state index in [4.69, 9.17) is 10.1 Å². The molecule has 0 saturated carbocycles. The second kappa shape index (κ2) is 10.3. The largest absolute Gasteiger partial charge is 0.396 e. The summed E-state index contributed by atoms with van der Waals surface area (Å²) in [4.78, 5) is 9.94. The summed E-state index contributed by atoms with van der Waals surface area (Å²) in [5, 5.41) is 18.6. The topological polar surface area (TPSA) is 59.8 Å². The van der Waals surface area contributed by atoms with Crippen LogP contribution in [0.25, 0.3) is 11.3 Å². The standard InChI is InChI=1S/C29H43N3O2/c1-28(2)12-13-29(3,4)25-20-23(8-9-24(25)28)26-6-5-7-27(30-26)32-17-15-31(16-18-32)14-10-22(21-34)11-19-33/h5-9,20,22,33-34H,10-19,21H2,1-4H3. The number of hydrogen-bond donors (Lipinski definition) is 2. The molecule has 5 nitrogen and oxygen atoms in total. The van der Waals surface area contributed by atoms with Crippen molar-refractivity contribution in [3.05, 3.63) is 47.5 Å². The van der Waals surface area contributed by atoms with Crippen LogP contribution in [0.5, 0.6) is 0 Å². The summed E-state index contributed by atoms with van der Waals surface area (Å²) in [7, 11) is 0. The number of pyridine rings is 1. The first-order valence-electron chi connectivity index (χ1n) is 13.0. The molecule has 0 radical (unpaired) electrons. The normalized spacial score (nSPS) is 20.7. The van der Waals surface area contributed by atoms with Gasteiger partial charge in [0.15, 0.2) is 0 Å². The minimum absolute atomic E-state index is 0.153. The summed E-state index contributed by atoms with van der Waals surface area (Å²) in [5.74, 6) is 1.26. The van der Waals surface area contributed by atoms with E-state index < -0.39 is 0 Å². The fourth-order valence-electron chi connectivity index (χ4n) is 5.58. The molecule has 0 spiro atoms. The Balaban J connectivity index is 1.45. The zero-order chi connectivity index (χ0) is 24.3. The highest BCUT2D eigenvalue weighted by molar-refractivity contribution is 5.65. The van der Waals surface area contributed by atoms with Gasteiger partial charge in [0.1, 0.15) is 5.82 Å². The molecular formula is C29H43N3O2. The monoisotopic (exact) mass is 465 g/mol. The van der Waals surface area contributed by atoms with Crippen LogP contribution in [-0.2, 0) is 10.8 Å². The first-order chi connectivity index (χ1) is 16.2. The van der Waals surface area contributed by atoms with Gasteiger partial charge in [-0.15, -0.1) is 0 Å². The molecule has 0 bridgehead atoms. The molecule has 2 heterocycles. The van der Waals surface area contributed by atoms with Crippen LogP contribution < -0.4 is 4.90 Å². The van der Waals surface area contributed by atoms with Crippen LogP contribution in [0.2, 0.25) is 0 Å². The third-order valence-electron chi connectivity index (χ3n) is 8.23. The zero-order valence-electron chi connectivity index (χ0n) is 21.6. The van der Waals surface area contributed by atoms with Gasteiger partial charge in [0.2, 0.25) is 0 Å². The molecule has 1 aromatic carbocycles. The molecule has 186 valence electrons. The van der Waals surface area contributed by atoms with E-state index in [-0.39, 0.29) is 30.0 Å². The number of fused-ring (bicyclic) bond motifs is 1. The van der Waals surface area contributed by atoms with E-state index in [1.807, 2.05) is 0 Å². The van der Waals surface area contributed by atoms with E-state index in [0.717, 1.165) is 50.7 Å². The Morgan fingerprint density at radius 1 is 0.882 bits per heavy atom. The van der Waals surface area contributed by atoms with Crippen LogP contribution in [0.4, 0.5) is 5.82 Å². The maximum absolute atomic E-state index is 9.47.